The van der Waals surface area contributed by atoms with Crippen molar-refractivity contribution < 1.29 is 14.6 Å². The molecule has 0 saturated carbocycles. The van der Waals surface area contributed by atoms with Gasteiger partial charge in [0, 0.05) is 10.8 Å². The molecule has 0 aliphatic heterocycles. The van der Waals surface area contributed by atoms with Crippen LogP contribution in [0.5, 0.6) is 0 Å². The third-order valence-corrected chi connectivity index (χ3v) is 1.56. The number of rotatable bonds is 5. The van der Waals surface area contributed by atoms with Gasteiger partial charge < -0.3 is 0 Å². The third-order valence-electron chi connectivity index (χ3n) is 0.802. The highest BCUT2D eigenvalue weighted by atomic mass is 127. The Bertz CT molecular complexity index is 95.0. The van der Waals surface area contributed by atoms with Gasteiger partial charge in [-0.2, -0.15) is 4.89 Å². The van der Waals surface area contributed by atoms with Gasteiger partial charge in [-0.1, -0.05) is 29.5 Å². The molecule has 0 atom stereocenters. The average Bonchev–Trinajstić information content (AvgIpc) is 1.98. The van der Waals surface area contributed by atoms with E-state index in [1.807, 2.05) is 0 Å². The first-order valence-electron chi connectivity index (χ1n) is 3.19. The van der Waals surface area contributed by atoms with Crippen LogP contribution in [0.1, 0.15) is 19.8 Å². The summed E-state index contributed by atoms with van der Waals surface area (Å²) in [5.41, 5.74) is 0. The van der Waals surface area contributed by atoms with Gasteiger partial charge in [-0.3, -0.25) is 4.89 Å². The van der Waals surface area contributed by atoms with E-state index in [4.69, 9.17) is 0 Å². The molecule has 10 heavy (non-hydrogen) atoms. The highest BCUT2D eigenvalue weighted by Gasteiger charge is 1.97. The molecule has 0 saturated heterocycles. The summed E-state index contributed by atoms with van der Waals surface area (Å²) in [5.74, 6) is -0.312. The third kappa shape index (κ3) is 6.28. The van der Waals surface area contributed by atoms with Crippen molar-refractivity contribution in [2.75, 3.05) is 11.0 Å². The highest BCUT2D eigenvalue weighted by molar-refractivity contribution is 14.1. The molecular formula is C6H11IO3. The van der Waals surface area contributed by atoms with E-state index in [1.165, 1.54) is 0 Å². The molecule has 0 aromatic rings. The van der Waals surface area contributed by atoms with Gasteiger partial charge in [-0.25, -0.2) is 4.79 Å². The Kier molecular flexibility index (Phi) is 7.39. The minimum absolute atomic E-state index is 0.312. The second-order valence-corrected chi connectivity index (χ2v) is 2.75. The van der Waals surface area contributed by atoms with E-state index in [0.29, 0.717) is 13.0 Å². The molecule has 4 heteroatoms. The van der Waals surface area contributed by atoms with Crippen molar-refractivity contribution in [3.63, 3.8) is 0 Å². The molecule has 0 unspecified atom stereocenters. The normalized spacial score (nSPS) is 9.40. The zero-order chi connectivity index (χ0) is 7.82. The maximum absolute atomic E-state index is 10.4. The Morgan fingerprint density at radius 1 is 1.60 bits per heavy atom. The molecule has 0 aromatic heterocycles. The van der Waals surface area contributed by atoms with E-state index in [0.717, 1.165) is 10.8 Å². The summed E-state index contributed by atoms with van der Waals surface area (Å²) in [5, 5.41) is 0. The van der Waals surface area contributed by atoms with Gasteiger partial charge in [0.15, 0.2) is 0 Å². The van der Waals surface area contributed by atoms with E-state index in [9.17, 15) is 4.79 Å². The van der Waals surface area contributed by atoms with Crippen molar-refractivity contribution in [2.45, 2.75) is 19.8 Å². The first-order valence-corrected chi connectivity index (χ1v) is 4.72. The number of carbonyl (C=O) groups is 1. The zero-order valence-corrected chi connectivity index (χ0v) is 8.09. The van der Waals surface area contributed by atoms with E-state index in [2.05, 4.69) is 32.4 Å². The highest BCUT2D eigenvalue weighted by Crippen LogP contribution is 1.91. The molecule has 0 rings (SSSR count). The van der Waals surface area contributed by atoms with Crippen LogP contribution in [0.15, 0.2) is 0 Å². The molecule has 0 heterocycles. The Morgan fingerprint density at radius 3 is 2.80 bits per heavy atom. The van der Waals surface area contributed by atoms with E-state index in [-0.39, 0.29) is 5.97 Å². The van der Waals surface area contributed by atoms with Crippen LogP contribution in [0.25, 0.3) is 0 Å². The lowest BCUT2D eigenvalue weighted by molar-refractivity contribution is -0.271. The molecule has 0 aromatic carbocycles. The van der Waals surface area contributed by atoms with Crippen LogP contribution in [-0.2, 0) is 14.6 Å². The number of alkyl halides is 1. The van der Waals surface area contributed by atoms with Crippen LogP contribution >= 0.6 is 22.6 Å². The minimum Gasteiger partial charge on any atom is -0.298 e. The summed E-state index contributed by atoms with van der Waals surface area (Å²) in [4.78, 5) is 19.3. The molecule has 0 N–H and O–H groups in total. The molecule has 0 fully saturated rings. The first-order chi connectivity index (χ1) is 4.81. The zero-order valence-electron chi connectivity index (χ0n) is 5.93. The predicted molar refractivity (Wildman–Crippen MR) is 45.8 cm³/mol. The van der Waals surface area contributed by atoms with E-state index >= 15 is 0 Å². The van der Waals surface area contributed by atoms with E-state index < -0.39 is 0 Å². The SMILES string of the molecule is CCC(=O)OOCCCI. The lowest BCUT2D eigenvalue weighted by Gasteiger charge is -1.99. The van der Waals surface area contributed by atoms with Crippen LogP contribution in [0, 0.1) is 0 Å². The Balaban J connectivity index is 2.96. The van der Waals surface area contributed by atoms with Gasteiger partial charge in [-0.05, 0) is 6.42 Å². The van der Waals surface area contributed by atoms with Crippen LogP contribution in [0.3, 0.4) is 0 Å². The van der Waals surface area contributed by atoms with Crippen LogP contribution < -0.4 is 0 Å². The first kappa shape index (κ1) is 10.2. The Morgan fingerprint density at radius 2 is 2.30 bits per heavy atom. The second-order valence-electron chi connectivity index (χ2n) is 1.67. The monoisotopic (exact) mass is 258 g/mol. The Hall–Kier alpha value is 0.160. The van der Waals surface area contributed by atoms with Gasteiger partial charge in [0.25, 0.3) is 0 Å². The second kappa shape index (κ2) is 7.27. The molecule has 3 nitrogen and oxygen atoms in total. The molecule has 0 aliphatic rings. The number of hydrogen-bond acceptors (Lipinski definition) is 3. The standard InChI is InChI=1S/C6H11IO3/c1-2-6(8)10-9-5-3-4-7/h2-5H2,1H3. The maximum atomic E-state index is 10.4. The summed E-state index contributed by atoms with van der Waals surface area (Å²) in [6.45, 7) is 2.22. The lowest BCUT2D eigenvalue weighted by Crippen LogP contribution is -2.04. The van der Waals surface area contributed by atoms with Crippen molar-refractivity contribution in [2.24, 2.45) is 0 Å². The number of hydrogen-bond donors (Lipinski definition) is 0. The quantitative estimate of drug-likeness (QED) is 0.247. The van der Waals surface area contributed by atoms with Gasteiger partial charge in [0.05, 0.1) is 6.61 Å². The summed E-state index contributed by atoms with van der Waals surface area (Å²) in [7, 11) is 0. The van der Waals surface area contributed by atoms with Crippen molar-refractivity contribution in [1.29, 1.82) is 0 Å². The maximum Gasteiger partial charge on any atom is 0.342 e. The molecule has 0 aliphatic carbocycles. The summed E-state index contributed by atoms with van der Waals surface area (Å²) < 4.78 is 1.02. The van der Waals surface area contributed by atoms with Gasteiger partial charge >= 0.3 is 5.97 Å². The fourth-order valence-electron chi connectivity index (χ4n) is 0.280. The largest absolute Gasteiger partial charge is 0.342 e. The fraction of sp³-hybridized carbons (Fsp3) is 0.833. The van der Waals surface area contributed by atoms with Crippen molar-refractivity contribution in [3.8, 4) is 0 Å². The van der Waals surface area contributed by atoms with Crippen LogP contribution in [-0.4, -0.2) is 17.0 Å². The minimum atomic E-state index is -0.312. The molecule has 0 spiro atoms. The van der Waals surface area contributed by atoms with Gasteiger partial charge in [-0.15, -0.1) is 0 Å². The smallest absolute Gasteiger partial charge is 0.298 e. The summed E-state index contributed by atoms with van der Waals surface area (Å²) >= 11 is 2.23. The molecule has 0 amide bonds. The summed E-state index contributed by atoms with van der Waals surface area (Å²) in [6, 6.07) is 0. The predicted octanol–water partition coefficient (Wildman–Crippen LogP) is 1.70. The van der Waals surface area contributed by atoms with Crippen LogP contribution in [0.4, 0.5) is 0 Å². The fourth-order valence-corrected chi connectivity index (χ4v) is 0.591. The topological polar surface area (TPSA) is 35.5 Å². The van der Waals surface area contributed by atoms with Crippen molar-refractivity contribution in [1.82, 2.24) is 0 Å². The van der Waals surface area contributed by atoms with Gasteiger partial charge in [0.1, 0.15) is 0 Å². The number of carbonyl (C=O) groups excluding carboxylic acids is 1. The number of halogens is 1. The van der Waals surface area contributed by atoms with E-state index in [1.54, 1.807) is 6.92 Å². The molecule has 60 valence electrons. The molecular weight excluding hydrogens is 247 g/mol. The summed E-state index contributed by atoms with van der Waals surface area (Å²) in [6.07, 6.45) is 1.28. The lowest BCUT2D eigenvalue weighted by atomic mass is 10.5. The van der Waals surface area contributed by atoms with Crippen LogP contribution in [0.2, 0.25) is 0 Å². The average molecular weight is 258 g/mol. The molecule has 0 radical (unpaired) electrons. The van der Waals surface area contributed by atoms with Crippen molar-refractivity contribution in [3.05, 3.63) is 0 Å². The van der Waals surface area contributed by atoms with Gasteiger partial charge in [0.2, 0.25) is 0 Å². The molecule has 0 bridgehead atoms. The Labute approximate surface area is 74.1 Å². The van der Waals surface area contributed by atoms with Crippen molar-refractivity contribution >= 4 is 28.6 Å².